The molecule has 0 radical (unpaired) electrons. The summed E-state index contributed by atoms with van der Waals surface area (Å²) in [5.41, 5.74) is 3.16. The summed E-state index contributed by atoms with van der Waals surface area (Å²) in [6.45, 7) is 3.90. The monoisotopic (exact) mass is 326 g/mol. The highest BCUT2D eigenvalue weighted by Crippen LogP contribution is 2.44. The lowest BCUT2D eigenvalue weighted by molar-refractivity contribution is -0.138. The number of aliphatic carboxylic acids is 1. The number of benzene rings is 1. The molecule has 0 saturated heterocycles. The van der Waals surface area contributed by atoms with Crippen molar-refractivity contribution in [2.75, 3.05) is 7.11 Å². The zero-order valence-electron chi connectivity index (χ0n) is 11.5. The maximum absolute atomic E-state index is 11.1. The van der Waals surface area contributed by atoms with Crippen LogP contribution in [0.15, 0.2) is 10.5 Å². The topological polar surface area (TPSA) is 46.5 Å². The van der Waals surface area contributed by atoms with Crippen LogP contribution in [0.4, 0.5) is 0 Å². The lowest BCUT2D eigenvalue weighted by atomic mass is 9.80. The van der Waals surface area contributed by atoms with Crippen molar-refractivity contribution >= 4 is 21.9 Å². The molecule has 0 bridgehead atoms. The van der Waals surface area contributed by atoms with Crippen LogP contribution in [-0.4, -0.2) is 18.2 Å². The molecule has 0 saturated carbocycles. The largest absolute Gasteiger partial charge is 0.495 e. The Kier molecular flexibility index (Phi) is 3.90. The summed E-state index contributed by atoms with van der Waals surface area (Å²) in [6, 6.07) is 2.13. The average Bonchev–Trinajstić information content (AvgIpc) is 2.75. The van der Waals surface area contributed by atoms with Crippen molar-refractivity contribution < 1.29 is 14.6 Å². The molecule has 1 N–H and O–H groups in total. The molecule has 4 heteroatoms. The Bertz CT molecular complexity index is 521. The quantitative estimate of drug-likeness (QED) is 0.917. The molecule has 1 aromatic rings. The Morgan fingerprint density at radius 2 is 2.16 bits per heavy atom. The normalized spacial score (nSPS) is 14.3. The van der Waals surface area contributed by atoms with E-state index in [2.05, 4.69) is 22.0 Å². The van der Waals surface area contributed by atoms with Crippen molar-refractivity contribution in [1.82, 2.24) is 0 Å². The fourth-order valence-corrected chi connectivity index (χ4v) is 3.68. The van der Waals surface area contributed by atoms with Crippen molar-refractivity contribution in [2.45, 2.75) is 44.9 Å². The van der Waals surface area contributed by atoms with E-state index in [-0.39, 0.29) is 6.42 Å². The van der Waals surface area contributed by atoms with E-state index in [4.69, 9.17) is 9.84 Å². The van der Waals surface area contributed by atoms with Gasteiger partial charge < -0.3 is 9.84 Å². The van der Waals surface area contributed by atoms with Gasteiger partial charge in [0.15, 0.2) is 0 Å². The van der Waals surface area contributed by atoms with Gasteiger partial charge in [0.2, 0.25) is 0 Å². The summed E-state index contributed by atoms with van der Waals surface area (Å²) >= 11 is 3.63. The average molecular weight is 327 g/mol. The first-order chi connectivity index (χ1) is 8.86. The van der Waals surface area contributed by atoms with E-state index in [0.717, 1.165) is 35.0 Å². The SMILES string of the molecule is COc1c(C(C)(C)CC(=O)O)cc2c(c1Br)CCC2. The molecule has 0 fully saturated rings. The molecular formula is C15H19BrO3. The smallest absolute Gasteiger partial charge is 0.304 e. The van der Waals surface area contributed by atoms with Gasteiger partial charge in [-0.2, -0.15) is 0 Å². The molecule has 0 unspecified atom stereocenters. The number of hydrogen-bond donors (Lipinski definition) is 1. The van der Waals surface area contributed by atoms with E-state index in [1.807, 2.05) is 13.8 Å². The van der Waals surface area contributed by atoms with Gasteiger partial charge in [-0.25, -0.2) is 0 Å². The number of methoxy groups -OCH3 is 1. The van der Waals surface area contributed by atoms with Crippen LogP contribution in [0, 0.1) is 0 Å². The fourth-order valence-electron chi connectivity index (χ4n) is 2.85. The molecule has 0 aliphatic heterocycles. The van der Waals surface area contributed by atoms with Crippen LogP contribution in [-0.2, 0) is 23.1 Å². The number of ether oxygens (including phenoxy) is 1. The lowest BCUT2D eigenvalue weighted by Crippen LogP contribution is -2.23. The van der Waals surface area contributed by atoms with E-state index in [1.54, 1.807) is 7.11 Å². The highest BCUT2D eigenvalue weighted by Gasteiger charge is 2.31. The highest BCUT2D eigenvalue weighted by molar-refractivity contribution is 9.10. The Balaban J connectivity index is 2.57. The molecule has 0 atom stereocenters. The summed E-state index contributed by atoms with van der Waals surface area (Å²) in [6.07, 6.45) is 3.37. The molecule has 104 valence electrons. The maximum atomic E-state index is 11.1. The first-order valence-corrected chi connectivity index (χ1v) is 7.26. The molecule has 1 aliphatic rings. The number of hydrogen-bond acceptors (Lipinski definition) is 2. The van der Waals surface area contributed by atoms with Crippen LogP contribution < -0.4 is 4.74 Å². The summed E-state index contributed by atoms with van der Waals surface area (Å²) < 4.78 is 6.53. The molecule has 0 heterocycles. The third-order valence-corrected chi connectivity index (χ3v) is 4.65. The second-order valence-corrected chi connectivity index (χ2v) is 6.51. The van der Waals surface area contributed by atoms with Gasteiger partial charge in [-0.1, -0.05) is 19.9 Å². The van der Waals surface area contributed by atoms with Gasteiger partial charge in [0.05, 0.1) is 18.0 Å². The van der Waals surface area contributed by atoms with Gasteiger partial charge >= 0.3 is 5.97 Å². The van der Waals surface area contributed by atoms with Crippen LogP contribution >= 0.6 is 15.9 Å². The Labute approximate surface area is 122 Å². The van der Waals surface area contributed by atoms with Crippen molar-refractivity contribution in [3.63, 3.8) is 0 Å². The summed E-state index contributed by atoms with van der Waals surface area (Å²) in [4.78, 5) is 11.1. The van der Waals surface area contributed by atoms with Crippen LogP contribution in [0.5, 0.6) is 5.75 Å². The maximum Gasteiger partial charge on any atom is 0.304 e. The second-order valence-electron chi connectivity index (χ2n) is 5.72. The zero-order valence-corrected chi connectivity index (χ0v) is 13.1. The zero-order chi connectivity index (χ0) is 14.2. The van der Waals surface area contributed by atoms with Crippen molar-refractivity contribution in [3.05, 3.63) is 27.2 Å². The predicted octanol–water partition coefficient (Wildman–Crippen LogP) is 3.70. The second kappa shape index (κ2) is 5.16. The summed E-state index contributed by atoms with van der Waals surface area (Å²) in [7, 11) is 1.64. The summed E-state index contributed by atoms with van der Waals surface area (Å²) in [5.74, 6) is -0.00410. The van der Waals surface area contributed by atoms with Gasteiger partial charge in [-0.05, 0) is 46.3 Å². The number of halogens is 1. The minimum atomic E-state index is -0.788. The molecule has 0 amide bonds. The number of carboxylic acid groups (broad SMARTS) is 1. The first kappa shape index (κ1) is 14.4. The molecule has 1 aliphatic carbocycles. The molecule has 1 aromatic carbocycles. The molecule has 2 rings (SSSR count). The standard InChI is InChI=1S/C15H19BrO3/c1-15(2,8-12(17)18)11-7-9-5-4-6-10(9)13(16)14(11)19-3/h7H,4-6,8H2,1-3H3,(H,17,18). The molecule has 0 spiro atoms. The van der Waals surface area contributed by atoms with E-state index in [0.29, 0.717) is 0 Å². The fraction of sp³-hybridized carbons (Fsp3) is 0.533. The number of carbonyl (C=O) groups is 1. The van der Waals surface area contributed by atoms with E-state index in [1.165, 1.54) is 11.1 Å². The van der Waals surface area contributed by atoms with Crippen LogP contribution in [0.3, 0.4) is 0 Å². The van der Waals surface area contributed by atoms with E-state index >= 15 is 0 Å². The molecule has 3 nitrogen and oxygen atoms in total. The number of carboxylic acids is 1. The first-order valence-electron chi connectivity index (χ1n) is 6.47. The number of fused-ring (bicyclic) bond motifs is 1. The van der Waals surface area contributed by atoms with Crippen LogP contribution in [0.2, 0.25) is 0 Å². The van der Waals surface area contributed by atoms with E-state index in [9.17, 15) is 4.79 Å². The number of aryl methyl sites for hydroxylation is 1. The molecular weight excluding hydrogens is 308 g/mol. The Hall–Kier alpha value is -1.03. The van der Waals surface area contributed by atoms with Gasteiger partial charge in [0.25, 0.3) is 0 Å². The molecule has 0 aromatic heterocycles. The Morgan fingerprint density at radius 1 is 1.47 bits per heavy atom. The van der Waals surface area contributed by atoms with Gasteiger partial charge in [0.1, 0.15) is 5.75 Å². The highest BCUT2D eigenvalue weighted by atomic mass is 79.9. The van der Waals surface area contributed by atoms with Crippen molar-refractivity contribution in [1.29, 1.82) is 0 Å². The third kappa shape index (κ3) is 2.64. The van der Waals surface area contributed by atoms with Crippen molar-refractivity contribution in [2.24, 2.45) is 0 Å². The predicted molar refractivity (Wildman–Crippen MR) is 78.0 cm³/mol. The van der Waals surface area contributed by atoms with Gasteiger partial charge in [0, 0.05) is 11.0 Å². The number of rotatable bonds is 4. The third-order valence-electron chi connectivity index (χ3n) is 3.81. The molecule has 19 heavy (non-hydrogen) atoms. The lowest BCUT2D eigenvalue weighted by Gasteiger charge is -2.27. The van der Waals surface area contributed by atoms with Gasteiger partial charge in [-0.15, -0.1) is 0 Å². The van der Waals surface area contributed by atoms with Crippen molar-refractivity contribution in [3.8, 4) is 5.75 Å². The minimum Gasteiger partial charge on any atom is -0.495 e. The minimum absolute atomic E-state index is 0.0919. The van der Waals surface area contributed by atoms with E-state index < -0.39 is 11.4 Å². The van der Waals surface area contributed by atoms with Gasteiger partial charge in [-0.3, -0.25) is 4.79 Å². The summed E-state index contributed by atoms with van der Waals surface area (Å²) in [5, 5.41) is 9.08. The van der Waals surface area contributed by atoms with Crippen LogP contribution in [0.1, 0.15) is 43.4 Å². The van der Waals surface area contributed by atoms with Crippen LogP contribution in [0.25, 0.3) is 0 Å². The Morgan fingerprint density at radius 3 is 2.74 bits per heavy atom.